The summed E-state index contributed by atoms with van der Waals surface area (Å²) in [6, 6.07) is 6.94. The van der Waals surface area contributed by atoms with E-state index in [-0.39, 0.29) is 23.7 Å². The monoisotopic (exact) mass is 245 g/mol. The summed E-state index contributed by atoms with van der Waals surface area (Å²) in [7, 11) is 0. The van der Waals surface area contributed by atoms with Crippen LogP contribution in [-0.4, -0.2) is 11.9 Å². The van der Waals surface area contributed by atoms with Gasteiger partial charge in [0.25, 0.3) is 0 Å². The Kier molecular flexibility index (Phi) is 2.78. The molecule has 1 N–H and O–H groups in total. The molecular formula is C14H15NO3. The van der Waals surface area contributed by atoms with Gasteiger partial charge in [-0.25, -0.2) is 0 Å². The molecule has 2 saturated carbocycles. The Morgan fingerprint density at radius 3 is 2.17 bits per heavy atom. The molecule has 2 aliphatic carbocycles. The summed E-state index contributed by atoms with van der Waals surface area (Å²) in [6.45, 7) is 0. The van der Waals surface area contributed by atoms with E-state index in [0.717, 1.165) is 31.4 Å². The van der Waals surface area contributed by atoms with Crippen molar-refractivity contribution in [3.05, 3.63) is 24.3 Å². The summed E-state index contributed by atoms with van der Waals surface area (Å²) in [5.41, 5.74) is 0.748. The fourth-order valence-electron chi connectivity index (χ4n) is 1.71. The van der Waals surface area contributed by atoms with Crippen LogP contribution in [0.2, 0.25) is 0 Å². The molecule has 1 aromatic carbocycles. The molecule has 4 nitrogen and oxygen atoms in total. The summed E-state index contributed by atoms with van der Waals surface area (Å²) in [5, 5.41) is 2.84. The minimum Gasteiger partial charge on any atom is -0.426 e. The first-order valence-electron chi connectivity index (χ1n) is 6.35. The zero-order chi connectivity index (χ0) is 12.5. The second kappa shape index (κ2) is 4.44. The van der Waals surface area contributed by atoms with Crippen LogP contribution in [0.1, 0.15) is 25.7 Å². The van der Waals surface area contributed by atoms with E-state index in [0.29, 0.717) is 5.75 Å². The normalized spacial score (nSPS) is 18.2. The van der Waals surface area contributed by atoms with E-state index < -0.39 is 0 Å². The van der Waals surface area contributed by atoms with Crippen LogP contribution in [0.15, 0.2) is 24.3 Å². The Bertz CT molecular complexity index is 427. The van der Waals surface area contributed by atoms with Crippen molar-refractivity contribution in [2.24, 2.45) is 11.8 Å². The number of benzene rings is 1. The topological polar surface area (TPSA) is 55.4 Å². The van der Waals surface area contributed by atoms with Crippen molar-refractivity contribution in [3.8, 4) is 5.75 Å². The quantitative estimate of drug-likeness (QED) is 0.654. The maximum Gasteiger partial charge on any atom is 0.314 e. The molecule has 0 unspecified atom stereocenters. The minimum absolute atomic E-state index is 0.0812. The fraction of sp³-hybridized carbons (Fsp3) is 0.429. The highest BCUT2D eigenvalue weighted by Gasteiger charge is 2.31. The lowest BCUT2D eigenvalue weighted by atomic mass is 10.3. The van der Waals surface area contributed by atoms with Crippen molar-refractivity contribution < 1.29 is 14.3 Å². The molecule has 2 fully saturated rings. The van der Waals surface area contributed by atoms with Crippen LogP contribution >= 0.6 is 0 Å². The molecule has 1 aromatic rings. The third-order valence-electron chi connectivity index (χ3n) is 3.20. The summed E-state index contributed by atoms with van der Waals surface area (Å²) in [6.07, 6.45) is 3.86. The van der Waals surface area contributed by atoms with Gasteiger partial charge in [-0.1, -0.05) is 0 Å². The lowest BCUT2D eigenvalue weighted by molar-refractivity contribution is -0.135. The molecule has 4 heteroatoms. The number of nitrogens with one attached hydrogen (secondary N) is 1. The van der Waals surface area contributed by atoms with Crippen molar-refractivity contribution in [2.45, 2.75) is 25.7 Å². The Morgan fingerprint density at radius 1 is 1.00 bits per heavy atom. The average Bonchev–Trinajstić information content (AvgIpc) is 3.22. The maximum absolute atomic E-state index is 11.5. The van der Waals surface area contributed by atoms with E-state index in [1.165, 1.54) is 0 Å². The summed E-state index contributed by atoms with van der Waals surface area (Å²) in [4.78, 5) is 23.0. The Balaban J connectivity index is 1.57. The molecular weight excluding hydrogens is 230 g/mol. The lowest BCUT2D eigenvalue weighted by Crippen LogP contribution is -2.13. The van der Waals surface area contributed by atoms with Gasteiger partial charge in [0, 0.05) is 11.6 Å². The third kappa shape index (κ3) is 2.70. The molecule has 94 valence electrons. The summed E-state index contributed by atoms with van der Waals surface area (Å²) >= 11 is 0. The van der Waals surface area contributed by atoms with Gasteiger partial charge in [-0.3, -0.25) is 9.59 Å². The molecule has 0 atom stereocenters. The van der Waals surface area contributed by atoms with Crippen LogP contribution in [-0.2, 0) is 9.59 Å². The molecule has 0 spiro atoms. The highest BCUT2D eigenvalue weighted by atomic mass is 16.5. The van der Waals surface area contributed by atoms with Gasteiger partial charge < -0.3 is 10.1 Å². The van der Waals surface area contributed by atoms with Gasteiger partial charge in [-0.2, -0.15) is 0 Å². The number of anilines is 1. The van der Waals surface area contributed by atoms with Crippen LogP contribution in [0.3, 0.4) is 0 Å². The van der Waals surface area contributed by atoms with E-state index in [4.69, 9.17) is 4.74 Å². The largest absolute Gasteiger partial charge is 0.426 e. The van der Waals surface area contributed by atoms with Gasteiger partial charge in [0.1, 0.15) is 5.75 Å². The van der Waals surface area contributed by atoms with Crippen molar-refractivity contribution in [2.75, 3.05) is 5.32 Å². The smallest absolute Gasteiger partial charge is 0.314 e. The highest BCUT2D eigenvalue weighted by molar-refractivity contribution is 5.94. The zero-order valence-electron chi connectivity index (χ0n) is 10.0. The second-order valence-corrected chi connectivity index (χ2v) is 4.98. The first kappa shape index (κ1) is 11.3. The van der Waals surface area contributed by atoms with Gasteiger partial charge in [-0.15, -0.1) is 0 Å². The number of carbonyl (C=O) groups is 2. The van der Waals surface area contributed by atoms with E-state index >= 15 is 0 Å². The maximum atomic E-state index is 11.5. The molecule has 0 aliphatic heterocycles. The van der Waals surface area contributed by atoms with Crippen molar-refractivity contribution in [1.29, 1.82) is 0 Å². The van der Waals surface area contributed by atoms with Gasteiger partial charge >= 0.3 is 5.97 Å². The summed E-state index contributed by atoms with van der Waals surface area (Å²) in [5.74, 6) is 0.760. The first-order chi connectivity index (χ1) is 8.72. The molecule has 0 bridgehead atoms. The van der Waals surface area contributed by atoms with Crippen LogP contribution in [0.4, 0.5) is 5.69 Å². The highest BCUT2D eigenvalue weighted by Crippen LogP contribution is 2.32. The van der Waals surface area contributed by atoms with Gasteiger partial charge in [0.15, 0.2) is 0 Å². The Morgan fingerprint density at radius 2 is 1.61 bits per heavy atom. The van der Waals surface area contributed by atoms with Gasteiger partial charge in [-0.05, 0) is 49.9 Å². The minimum atomic E-state index is -0.148. The van der Waals surface area contributed by atoms with Crippen molar-refractivity contribution >= 4 is 17.6 Å². The number of esters is 1. The molecule has 3 rings (SSSR count). The number of hydrogen-bond donors (Lipinski definition) is 1. The average molecular weight is 245 g/mol. The van der Waals surface area contributed by atoms with E-state index in [1.54, 1.807) is 24.3 Å². The number of carbonyl (C=O) groups excluding carboxylic acids is 2. The van der Waals surface area contributed by atoms with Crippen LogP contribution in [0.25, 0.3) is 0 Å². The molecule has 2 aliphatic rings. The molecule has 0 heterocycles. The van der Waals surface area contributed by atoms with Crippen molar-refractivity contribution in [3.63, 3.8) is 0 Å². The van der Waals surface area contributed by atoms with E-state index in [2.05, 4.69) is 5.32 Å². The molecule has 0 saturated heterocycles. The third-order valence-corrected chi connectivity index (χ3v) is 3.20. The number of amides is 1. The number of ether oxygens (including phenoxy) is 1. The van der Waals surface area contributed by atoms with Gasteiger partial charge in [0.05, 0.1) is 5.92 Å². The first-order valence-corrected chi connectivity index (χ1v) is 6.35. The van der Waals surface area contributed by atoms with Gasteiger partial charge in [0.2, 0.25) is 5.91 Å². The Labute approximate surface area is 105 Å². The molecule has 0 aromatic heterocycles. The number of hydrogen-bond acceptors (Lipinski definition) is 3. The molecule has 1 amide bonds. The Hall–Kier alpha value is -1.84. The lowest BCUT2D eigenvalue weighted by Gasteiger charge is -2.06. The zero-order valence-corrected chi connectivity index (χ0v) is 10.0. The van der Waals surface area contributed by atoms with E-state index in [1.807, 2.05) is 0 Å². The molecule has 0 radical (unpaired) electrons. The standard InChI is InChI=1S/C14H15NO3/c16-13(9-1-2-9)15-11-5-7-12(8-6-11)18-14(17)10-3-4-10/h5-10H,1-4H2,(H,15,16). The van der Waals surface area contributed by atoms with Crippen LogP contribution < -0.4 is 10.1 Å². The predicted octanol–water partition coefficient (Wildman–Crippen LogP) is 2.35. The SMILES string of the molecule is O=C(Nc1ccc(OC(=O)C2CC2)cc1)C1CC1. The predicted molar refractivity (Wildman–Crippen MR) is 66.2 cm³/mol. The van der Waals surface area contributed by atoms with Crippen LogP contribution in [0, 0.1) is 11.8 Å². The van der Waals surface area contributed by atoms with Crippen LogP contribution in [0.5, 0.6) is 5.75 Å². The van der Waals surface area contributed by atoms with Crippen molar-refractivity contribution in [1.82, 2.24) is 0 Å². The summed E-state index contributed by atoms with van der Waals surface area (Å²) < 4.78 is 5.21. The molecule has 18 heavy (non-hydrogen) atoms. The number of rotatable bonds is 4. The fourth-order valence-corrected chi connectivity index (χ4v) is 1.71. The second-order valence-electron chi connectivity index (χ2n) is 4.98. The van der Waals surface area contributed by atoms with E-state index in [9.17, 15) is 9.59 Å².